The molecule has 14 heteroatoms. The molecule has 196 valence electrons. The number of para-hydroxylation sites is 1. The number of hydrogen-bond donors (Lipinski definition) is 1. The van der Waals surface area contributed by atoms with Crippen LogP contribution in [0.1, 0.15) is 0 Å². The van der Waals surface area contributed by atoms with Crippen molar-refractivity contribution in [2.45, 2.75) is 11.1 Å². The number of alkyl halides is 3. The number of nitrogens with one attached hydrogen (secondary N) is 1. The number of aromatic nitrogens is 2. The Morgan fingerprint density at radius 2 is 1.89 bits per heavy atom. The lowest BCUT2D eigenvalue weighted by Crippen LogP contribution is -2.29. The van der Waals surface area contributed by atoms with Gasteiger partial charge in [0.15, 0.2) is 5.13 Å². The third-order valence-electron chi connectivity index (χ3n) is 5.43. The van der Waals surface area contributed by atoms with Gasteiger partial charge in [0.2, 0.25) is 5.88 Å². The highest BCUT2D eigenvalue weighted by Crippen LogP contribution is 2.42. The average Bonchev–Trinajstić information content (AvgIpc) is 3.40. The van der Waals surface area contributed by atoms with Crippen LogP contribution in [-0.2, 0) is 14.8 Å². The number of thiazole rings is 1. The number of halogens is 3. The lowest BCUT2D eigenvalue weighted by molar-refractivity contribution is -0.190. The SMILES string of the molecule is O=C(Oc1ccc(-c2ccccc2N2CCOc3cc(S(=O)(=O)Nc4nccs4)ccc32)cn1)C(F)(F)F. The molecule has 0 amide bonds. The van der Waals surface area contributed by atoms with Gasteiger partial charge in [-0.1, -0.05) is 18.2 Å². The van der Waals surface area contributed by atoms with Crippen molar-refractivity contribution >= 4 is 43.8 Å². The largest absolute Gasteiger partial charge is 0.491 e. The Hall–Kier alpha value is -4.17. The van der Waals surface area contributed by atoms with Crippen LogP contribution in [0.4, 0.5) is 29.7 Å². The second kappa shape index (κ2) is 9.95. The maximum Gasteiger partial charge on any atom is 0.491 e. The van der Waals surface area contributed by atoms with E-state index in [9.17, 15) is 26.4 Å². The Bertz CT molecular complexity index is 1580. The van der Waals surface area contributed by atoms with Crippen LogP contribution in [0, 0.1) is 0 Å². The fourth-order valence-electron chi connectivity index (χ4n) is 3.77. The summed E-state index contributed by atoms with van der Waals surface area (Å²) >= 11 is 1.15. The molecule has 5 rings (SSSR count). The molecule has 3 heterocycles. The number of esters is 1. The Morgan fingerprint density at radius 1 is 1.08 bits per heavy atom. The lowest BCUT2D eigenvalue weighted by Gasteiger charge is -2.33. The molecule has 0 spiro atoms. The van der Waals surface area contributed by atoms with Crippen molar-refractivity contribution in [2.75, 3.05) is 22.8 Å². The topological polar surface area (TPSA) is 111 Å². The van der Waals surface area contributed by atoms with Crippen molar-refractivity contribution in [3.8, 4) is 22.8 Å². The van der Waals surface area contributed by atoms with Gasteiger partial charge in [-0.05, 0) is 24.3 Å². The van der Waals surface area contributed by atoms with Crippen molar-refractivity contribution in [1.29, 1.82) is 0 Å². The molecule has 4 aromatic rings. The summed E-state index contributed by atoms with van der Waals surface area (Å²) in [6.07, 6.45) is -2.34. The monoisotopic (exact) mass is 562 g/mol. The number of sulfonamides is 1. The van der Waals surface area contributed by atoms with Gasteiger partial charge in [0.05, 0.1) is 17.1 Å². The highest BCUT2D eigenvalue weighted by Gasteiger charge is 2.41. The van der Waals surface area contributed by atoms with Gasteiger partial charge < -0.3 is 14.4 Å². The molecule has 0 radical (unpaired) electrons. The molecular weight excluding hydrogens is 545 g/mol. The summed E-state index contributed by atoms with van der Waals surface area (Å²) in [6, 6.07) is 14.5. The summed E-state index contributed by atoms with van der Waals surface area (Å²) in [5.74, 6) is -2.47. The molecule has 0 atom stereocenters. The van der Waals surface area contributed by atoms with Crippen LogP contribution in [0.3, 0.4) is 0 Å². The van der Waals surface area contributed by atoms with Crippen LogP contribution in [-0.4, -0.2) is 43.7 Å². The van der Waals surface area contributed by atoms with E-state index in [-0.39, 0.29) is 16.6 Å². The van der Waals surface area contributed by atoms with Gasteiger partial charge in [0.1, 0.15) is 12.4 Å². The third-order valence-corrected chi connectivity index (χ3v) is 7.58. The number of nitrogens with zero attached hydrogens (tertiary/aromatic N) is 3. The quantitative estimate of drug-likeness (QED) is 0.327. The average molecular weight is 563 g/mol. The first-order valence-electron chi connectivity index (χ1n) is 10.9. The third kappa shape index (κ3) is 5.26. The number of rotatable bonds is 6. The summed E-state index contributed by atoms with van der Waals surface area (Å²) < 4.78 is 75.5. The number of anilines is 3. The van der Waals surface area contributed by atoms with Crippen LogP contribution in [0.15, 0.2) is 77.3 Å². The highest BCUT2D eigenvalue weighted by atomic mass is 32.2. The van der Waals surface area contributed by atoms with Gasteiger partial charge in [0.25, 0.3) is 10.0 Å². The molecular formula is C24H17F3N4O5S2. The maximum atomic E-state index is 12.8. The summed E-state index contributed by atoms with van der Waals surface area (Å²) in [5.41, 5.74) is 2.62. The van der Waals surface area contributed by atoms with Gasteiger partial charge in [-0.15, -0.1) is 11.3 Å². The van der Waals surface area contributed by atoms with E-state index in [0.29, 0.717) is 29.1 Å². The molecule has 2 aromatic heterocycles. The number of carbonyl (C=O) groups is 1. The van der Waals surface area contributed by atoms with E-state index in [1.807, 2.05) is 17.0 Å². The summed E-state index contributed by atoms with van der Waals surface area (Å²) in [7, 11) is -3.89. The van der Waals surface area contributed by atoms with Crippen LogP contribution in [0.25, 0.3) is 11.1 Å². The standard InChI is InChI=1S/C24H17F3N4O5S2/c25-24(26,27)22(32)36-21-8-5-15(14-29-21)17-3-1-2-4-18(17)31-10-11-35-20-13-16(6-7-19(20)31)38(33,34)30-23-28-9-12-37-23/h1-9,12-14H,10-11H2,(H,28,30). The minimum Gasteiger partial charge on any atom is -0.489 e. The lowest BCUT2D eigenvalue weighted by atomic mass is 10.0. The Kier molecular flexibility index (Phi) is 6.67. The van der Waals surface area contributed by atoms with Crippen molar-refractivity contribution in [3.05, 3.63) is 72.4 Å². The molecule has 0 saturated heterocycles. The zero-order valence-electron chi connectivity index (χ0n) is 19.2. The van der Waals surface area contributed by atoms with E-state index >= 15 is 0 Å². The molecule has 38 heavy (non-hydrogen) atoms. The molecule has 1 N–H and O–H groups in total. The first kappa shape index (κ1) is 25.5. The Labute approximate surface area is 218 Å². The van der Waals surface area contributed by atoms with Crippen LogP contribution < -0.4 is 19.1 Å². The molecule has 0 bridgehead atoms. The highest BCUT2D eigenvalue weighted by molar-refractivity contribution is 7.93. The zero-order chi connectivity index (χ0) is 26.9. The van der Waals surface area contributed by atoms with Crippen molar-refractivity contribution in [1.82, 2.24) is 9.97 Å². The number of benzene rings is 2. The normalized spacial score (nSPS) is 13.4. The van der Waals surface area contributed by atoms with E-state index in [4.69, 9.17) is 4.74 Å². The summed E-state index contributed by atoms with van der Waals surface area (Å²) in [4.78, 5) is 20.8. The van der Waals surface area contributed by atoms with E-state index in [1.165, 1.54) is 36.7 Å². The Morgan fingerprint density at radius 3 is 2.61 bits per heavy atom. The molecule has 1 aliphatic rings. The maximum absolute atomic E-state index is 12.8. The van der Waals surface area contributed by atoms with Gasteiger partial charge in [-0.3, -0.25) is 4.72 Å². The predicted octanol–water partition coefficient (Wildman–Crippen LogP) is 5.00. The summed E-state index contributed by atoms with van der Waals surface area (Å²) in [6.45, 7) is 0.720. The predicted molar refractivity (Wildman–Crippen MR) is 133 cm³/mol. The number of carbonyl (C=O) groups excluding carboxylic acids is 1. The van der Waals surface area contributed by atoms with E-state index in [0.717, 1.165) is 17.0 Å². The summed E-state index contributed by atoms with van der Waals surface area (Å²) in [5, 5.41) is 1.90. The van der Waals surface area contributed by atoms with Crippen molar-refractivity contribution in [2.24, 2.45) is 0 Å². The first-order valence-corrected chi connectivity index (χ1v) is 13.3. The van der Waals surface area contributed by atoms with Crippen molar-refractivity contribution < 1.29 is 35.9 Å². The van der Waals surface area contributed by atoms with Gasteiger partial charge >= 0.3 is 12.1 Å². The number of ether oxygens (including phenoxy) is 2. The number of hydrogen-bond acceptors (Lipinski definition) is 9. The van der Waals surface area contributed by atoms with Crippen LogP contribution in [0.2, 0.25) is 0 Å². The van der Waals surface area contributed by atoms with Crippen LogP contribution in [0.5, 0.6) is 11.6 Å². The number of pyridine rings is 1. The Balaban J connectivity index is 1.44. The molecule has 0 fully saturated rings. The molecule has 9 nitrogen and oxygen atoms in total. The zero-order valence-corrected chi connectivity index (χ0v) is 20.8. The van der Waals surface area contributed by atoms with E-state index in [2.05, 4.69) is 19.4 Å². The van der Waals surface area contributed by atoms with Gasteiger partial charge in [0, 0.05) is 46.7 Å². The fraction of sp³-hybridized carbons (Fsp3) is 0.125. The van der Waals surface area contributed by atoms with Crippen LogP contribution >= 0.6 is 11.3 Å². The minimum atomic E-state index is -5.13. The van der Waals surface area contributed by atoms with E-state index < -0.39 is 28.0 Å². The molecule has 0 saturated carbocycles. The van der Waals surface area contributed by atoms with Gasteiger partial charge in [-0.25, -0.2) is 23.2 Å². The minimum absolute atomic E-state index is 0.00905. The van der Waals surface area contributed by atoms with Crippen molar-refractivity contribution in [3.63, 3.8) is 0 Å². The first-order chi connectivity index (χ1) is 18.1. The molecule has 0 unspecified atom stereocenters. The second-order valence-corrected chi connectivity index (χ2v) is 10.4. The fourth-order valence-corrected chi connectivity index (χ4v) is 5.58. The molecule has 1 aliphatic heterocycles. The number of fused-ring (bicyclic) bond motifs is 1. The smallest absolute Gasteiger partial charge is 0.489 e. The van der Waals surface area contributed by atoms with E-state index in [1.54, 1.807) is 23.6 Å². The molecule has 2 aromatic carbocycles. The molecule has 0 aliphatic carbocycles. The van der Waals surface area contributed by atoms with Gasteiger partial charge in [-0.2, -0.15) is 13.2 Å². The second-order valence-electron chi connectivity index (χ2n) is 7.86.